The summed E-state index contributed by atoms with van der Waals surface area (Å²) in [5.74, 6) is 0.614. The van der Waals surface area contributed by atoms with Crippen LogP contribution in [0.15, 0.2) is 30.8 Å². The smallest absolute Gasteiger partial charge is 0.0507 e. The van der Waals surface area contributed by atoms with Crippen LogP contribution in [0.5, 0.6) is 0 Å². The van der Waals surface area contributed by atoms with Crippen molar-refractivity contribution in [2.75, 3.05) is 7.05 Å². The third-order valence-electron chi connectivity index (χ3n) is 4.53. The van der Waals surface area contributed by atoms with Gasteiger partial charge in [0.25, 0.3) is 0 Å². The third kappa shape index (κ3) is 1.10. The summed E-state index contributed by atoms with van der Waals surface area (Å²) < 4.78 is 0. The minimum atomic E-state index is 0.186. The lowest BCUT2D eigenvalue weighted by molar-refractivity contribution is 0.207. The van der Waals surface area contributed by atoms with Crippen molar-refractivity contribution in [1.29, 1.82) is 0 Å². The van der Waals surface area contributed by atoms with Gasteiger partial charge in [-0.15, -0.1) is 0 Å². The van der Waals surface area contributed by atoms with E-state index in [1.807, 2.05) is 0 Å². The maximum absolute atomic E-state index is 4.33. The molecule has 0 spiro atoms. The Hall–Kier alpha value is -1.08. The summed E-state index contributed by atoms with van der Waals surface area (Å²) in [6, 6.07) is 8.80. The molecule has 1 aromatic rings. The van der Waals surface area contributed by atoms with Crippen molar-refractivity contribution < 1.29 is 0 Å². The van der Waals surface area contributed by atoms with Gasteiger partial charge < -0.3 is 5.32 Å². The van der Waals surface area contributed by atoms with Gasteiger partial charge >= 0.3 is 0 Å². The first-order valence-corrected chi connectivity index (χ1v) is 6.27. The van der Waals surface area contributed by atoms with Crippen LogP contribution in [-0.4, -0.2) is 7.05 Å². The molecule has 0 aromatic heterocycles. The Morgan fingerprint density at radius 3 is 2.94 bits per heavy atom. The molecular formula is C15H19N. The predicted molar refractivity (Wildman–Crippen MR) is 68.2 cm³/mol. The standard InChI is InChI=1S/C15H19N/c1-11-12-7-3-4-9-14(12)15(16-2)10-6-5-8-13(11)15/h3-4,7,9,13,16H,1,5-6,8,10H2,2H3/t13-,15+/m1/s1. The molecule has 0 radical (unpaired) electrons. The van der Waals surface area contributed by atoms with Gasteiger partial charge in [-0.05, 0) is 36.6 Å². The first kappa shape index (κ1) is 10.1. The van der Waals surface area contributed by atoms with Crippen molar-refractivity contribution in [3.63, 3.8) is 0 Å². The number of hydrogen-bond acceptors (Lipinski definition) is 1. The third-order valence-corrected chi connectivity index (χ3v) is 4.53. The first-order valence-electron chi connectivity index (χ1n) is 6.27. The molecular weight excluding hydrogens is 194 g/mol. The number of hydrogen-bond donors (Lipinski definition) is 1. The Morgan fingerprint density at radius 1 is 1.31 bits per heavy atom. The number of benzene rings is 1. The molecule has 0 heterocycles. The number of rotatable bonds is 1. The summed E-state index contributed by atoms with van der Waals surface area (Å²) >= 11 is 0. The van der Waals surface area contributed by atoms with E-state index in [1.165, 1.54) is 42.4 Å². The van der Waals surface area contributed by atoms with Crippen LogP contribution in [-0.2, 0) is 5.54 Å². The molecule has 0 amide bonds. The maximum Gasteiger partial charge on any atom is 0.0507 e. The zero-order chi connectivity index (χ0) is 11.2. The Morgan fingerprint density at radius 2 is 2.12 bits per heavy atom. The molecule has 1 saturated carbocycles. The minimum Gasteiger partial charge on any atom is -0.310 e. The topological polar surface area (TPSA) is 12.0 Å². The van der Waals surface area contributed by atoms with Gasteiger partial charge in [0, 0.05) is 5.92 Å². The average Bonchev–Trinajstić information content (AvgIpc) is 2.62. The molecule has 3 rings (SSSR count). The largest absolute Gasteiger partial charge is 0.310 e. The molecule has 0 saturated heterocycles. The maximum atomic E-state index is 4.33. The zero-order valence-corrected chi connectivity index (χ0v) is 9.92. The van der Waals surface area contributed by atoms with E-state index in [4.69, 9.17) is 0 Å². The normalized spacial score (nSPS) is 32.3. The highest BCUT2D eigenvalue weighted by Gasteiger charge is 2.48. The first-order chi connectivity index (χ1) is 7.79. The van der Waals surface area contributed by atoms with Gasteiger partial charge in [0.15, 0.2) is 0 Å². The van der Waals surface area contributed by atoms with Gasteiger partial charge in [-0.2, -0.15) is 0 Å². The molecule has 1 fully saturated rings. The number of nitrogens with one attached hydrogen (secondary N) is 1. The van der Waals surface area contributed by atoms with E-state index in [0.717, 1.165) is 0 Å². The van der Waals surface area contributed by atoms with E-state index < -0.39 is 0 Å². The molecule has 84 valence electrons. The van der Waals surface area contributed by atoms with Crippen molar-refractivity contribution in [3.8, 4) is 0 Å². The molecule has 1 aromatic carbocycles. The van der Waals surface area contributed by atoms with E-state index in [2.05, 4.69) is 43.2 Å². The lowest BCUT2D eigenvalue weighted by Gasteiger charge is -2.40. The van der Waals surface area contributed by atoms with Gasteiger partial charge in [0.1, 0.15) is 0 Å². The lowest BCUT2D eigenvalue weighted by Crippen LogP contribution is -2.45. The predicted octanol–water partition coefficient (Wildman–Crippen LogP) is 3.32. The molecule has 2 aliphatic carbocycles. The molecule has 0 bridgehead atoms. The quantitative estimate of drug-likeness (QED) is 0.754. The Bertz CT molecular complexity index is 435. The van der Waals surface area contributed by atoms with E-state index >= 15 is 0 Å². The fraction of sp³-hybridized carbons (Fsp3) is 0.467. The molecule has 2 atom stereocenters. The fourth-order valence-electron chi connectivity index (χ4n) is 3.74. The van der Waals surface area contributed by atoms with E-state index in [1.54, 1.807) is 0 Å². The molecule has 1 N–H and O–H groups in total. The van der Waals surface area contributed by atoms with Crippen LogP contribution in [0.4, 0.5) is 0 Å². The zero-order valence-electron chi connectivity index (χ0n) is 9.92. The van der Waals surface area contributed by atoms with Crippen LogP contribution >= 0.6 is 0 Å². The van der Waals surface area contributed by atoms with Crippen molar-refractivity contribution in [3.05, 3.63) is 42.0 Å². The molecule has 0 unspecified atom stereocenters. The Balaban J connectivity index is 2.20. The van der Waals surface area contributed by atoms with E-state index in [-0.39, 0.29) is 5.54 Å². The van der Waals surface area contributed by atoms with Crippen molar-refractivity contribution in [1.82, 2.24) is 5.32 Å². The van der Waals surface area contributed by atoms with Crippen molar-refractivity contribution in [2.24, 2.45) is 5.92 Å². The summed E-state index contributed by atoms with van der Waals surface area (Å²) in [5.41, 5.74) is 4.41. The second kappa shape index (κ2) is 3.46. The number of fused-ring (bicyclic) bond motifs is 3. The van der Waals surface area contributed by atoms with Crippen LogP contribution in [0, 0.1) is 5.92 Å². The monoisotopic (exact) mass is 213 g/mol. The summed E-state index contributed by atoms with van der Waals surface area (Å²) in [4.78, 5) is 0. The summed E-state index contributed by atoms with van der Waals surface area (Å²) in [6.07, 6.45) is 5.22. The molecule has 2 aliphatic rings. The van der Waals surface area contributed by atoms with Crippen LogP contribution < -0.4 is 5.32 Å². The highest BCUT2D eigenvalue weighted by atomic mass is 15.0. The second-order valence-corrected chi connectivity index (χ2v) is 5.09. The lowest BCUT2D eigenvalue weighted by atomic mass is 9.72. The Labute approximate surface area is 97.6 Å². The molecule has 1 nitrogen and oxygen atoms in total. The average molecular weight is 213 g/mol. The molecule has 16 heavy (non-hydrogen) atoms. The van der Waals surface area contributed by atoms with Crippen molar-refractivity contribution in [2.45, 2.75) is 31.2 Å². The highest BCUT2D eigenvalue weighted by molar-refractivity contribution is 5.76. The van der Waals surface area contributed by atoms with E-state index in [9.17, 15) is 0 Å². The minimum absolute atomic E-state index is 0.186. The summed E-state index contributed by atoms with van der Waals surface area (Å²) in [5, 5.41) is 3.61. The van der Waals surface area contributed by atoms with Crippen LogP contribution in [0.3, 0.4) is 0 Å². The van der Waals surface area contributed by atoms with Crippen molar-refractivity contribution >= 4 is 5.57 Å². The second-order valence-electron chi connectivity index (χ2n) is 5.09. The van der Waals surface area contributed by atoms with Gasteiger partial charge in [0.05, 0.1) is 5.54 Å². The fourth-order valence-corrected chi connectivity index (χ4v) is 3.74. The van der Waals surface area contributed by atoms with Crippen LogP contribution in [0.1, 0.15) is 36.8 Å². The van der Waals surface area contributed by atoms with Gasteiger partial charge in [0.2, 0.25) is 0 Å². The van der Waals surface area contributed by atoms with Gasteiger partial charge in [-0.1, -0.05) is 43.7 Å². The SMILES string of the molecule is C=C1c2ccccc2[C@]2(NC)CCCC[C@H]12. The van der Waals surface area contributed by atoms with Crippen LogP contribution in [0.25, 0.3) is 5.57 Å². The molecule has 1 heteroatoms. The Kier molecular flexibility index (Phi) is 2.18. The van der Waals surface area contributed by atoms with Gasteiger partial charge in [-0.25, -0.2) is 0 Å². The highest BCUT2D eigenvalue weighted by Crippen LogP contribution is 2.54. The summed E-state index contributed by atoms with van der Waals surface area (Å²) in [6.45, 7) is 4.33. The van der Waals surface area contributed by atoms with Gasteiger partial charge in [-0.3, -0.25) is 0 Å². The van der Waals surface area contributed by atoms with Crippen LogP contribution in [0.2, 0.25) is 0 Å². The van der Waals surface area contributed by atoms with E-state index in [0.29, 0.717) is 5.92 Å². The summed E-state index contributed by atoms with van der Waals surface area (Å²) in [7, 11) is 2.10. The molecule has 0 aliphatic heterocycles.